The molecule has 0 saturated heterocycles. The van der Waals surface area contributed by atoms with Gasteiger partial charge in [0, 0.05) is 5.57 Å². The first kappa shape index (κ1) is 18.6. The van der Waals surface area contributed by atoms with Crippen molar-refractivity contribution >= 4 is 11.5 Å². The molecule has 2 aromatic rings. The first-order valence-electron chi connectivity index (χ1n) is 8.43. The van der Waals surface area contributed by atoms with E-state index in [0.29, 0.717) is 19.8 Å². The van der Waals surface area contributed by atoms with E-state index in [4.69, 9.17) is 14.2 Å². The fourth-order valence-corrected chi connectivity index (χ4v) is 2.33. The molecule has 0 bridgehead atoms. The van der Waals surface area contributed by atoms with Gasteiger partial charge in [0.05, 0.1) is 13.2 Å². The van der Waals surface area contributed by atoms with Crippen molar-refractivity contribution < 1.29 is 19.0 Å². The van der Waals surface area contributed by atoms with Gasteiger partial charge < -0.3 is 14.2 Å². The Morgan fingerprint density at radius 3 is 2.12 bits per heavy atom. The lowest BCUT2D eigenvalue weighted by atomic mass is 10.1. The molecule has 0 aliphatic rings. The Labute approximate surface area is 149 Å². The minimum atomic E-state index is -0.439. The van der Waals surface area contributed by atoms with E-state index in [1.165, 1.54) is 0 Å². The predicted octanol–water partition coefficient (Wildman–Crippen LogP) is 4.60. The van der Waals surface area contributed by atoms with Gasteiger partial charge in [-0.15, -0.1) is 0 Å². The van der Waals surface area contributed by atoms with Crippen LogP contribution in [0.3, 0.4) is 0 Å². The van der Waals surface area contributed by atoms with E-state index in [2.05, 4.69) is 0 Å². The quantitative estimate of drug-likeness (QED) is 0.400. The SMILES string of the molecule is CCOC(=O)/C(OCC)=C(\C)c1ccc(OCc2ccccc2)cc1. The first-order chi connectivity index (χ1) is 12.2. The largest absolute Gasteiger partial charge is 0.489 e. The zero-order valence-corrected chi connectivity index (χ0v) is 15.0. The minimum Gasteiger partial charge on any atom is -0.489 e. The van der Waals surface area contributed by atoms with Crippen molar-refractivity contribution in [3.05, 3.63) is 71.5 Å². The predicted molar refractivity (Wildman–Crippen MR) is 98.1 cm³/mol. The highest BCUT2D eigenvalue weighted by Gasteiger charge is 2.16. The van der Waals surface area contributed by atoms with Crippen LogP contribution in [0.4, 0.5) is 0 Å². The smallest absolute Gasteiger partial charge is 0.373 e. The van der Waals surface area contributed by atoms with Gasteiger partial charge in [-0.05, 0) is 44.0 Å². The summed E-state index contributed by atoms with van der Waals surface area (Å²) in [4.78, 5) is 12.0. The molecule has 0 heterocycles. The maximum atomic E-state index is 12.0. The van der Waals surface area contributed by atoms with Gasteiger partial charge in [0.2, 0.25) is 5.76 Å². The van der Waals surface area contributed by atoms with Crippen LogP contribution < -0.4 is 4.74 Å². The van der Waals surface area contributed by atoms with E-state index in [-0.39, 0.29) is 5.76 Å². The fourth-order valence-electron chi connectivity index (χ4n) is 2.33. The monoisotopic (exact) mass is 340 g/mol. The van der Waals surface area contributed by atoms with Gasteiger partial charge in [0.25, 0.3) is 0 Å². The Kier molecular flexibility index (Phi) is 7.08. The van der Waals surface area contributed by atoms with Crippen LogP contribution in [0.25, 0.3) is 5.57 Å². The molecule has 0 saturated carbocycles. The lowest BCUT2D eigenvalue weighted by Gasteiger charge is -2.12. The highest BCUT2D eigenvalue weighted by Crippen LogP contribution is 2.23. The molecule has 0 unspecified atom stereocenters. The van der Waals surface area contributed by atoms with Gasteiger partial charge in [-0.2, -0.15) is 0 Å². The first-order valence-corrected chi connectivity index (χ1v) is 8.43. The van der Waals surface area contributed by atoms with Gasteiger partial charge in [-0.3, -0.25) is 0 Å². The normalized spacial score (nSPS) is 11.5. The third-order valence-electron chi connectivity index (χ3n) is 3.63. The maximum Gasteiger partial charge on any atom is 0.373 e. The second kappa shape index (κ2) is 9.52. The summed E-state index contributed by atoms with van der Waals surface area (Å²) in [6, 6.07) is 17.6. The third kappa shape index (κ3) is 5.38. The Bertz CT molecular complexity index is 702. The summed E-state index contributed by atoms with van der Waals surface area (Å²) >= 11 is 0. The van der Waals surface area contributed by atoms with Crippen LogP contribution >= 0.6 is 0 Å². The number of carbonyl (C=O) groups is 1. The van der Waals surface area contributed by atoms with Gasteiger partial charge in [-0.25, -0.2) is 4.79 Å². The van der Waals surface area contributed by atoms with E-state index in [1.807, 2.05) is 68.4 Å². The standard InChI is InChI=1S/C21H24O4/c1-4-23-20(21(22)24-5-2)16(3)18-11-13-19(14-12-18)25-15-17-9-7-6-8-10-17/h6-14H,4-5,15H2,1-3H3/b20-16-. The highest BCUT2D eigenvalue weighted by atomic mass is 16.6. The molecule has 4 nitrogen and oxygen atoms in total. The molecule has 0 radical (unpaired) electrons. The van der Waals surface area contributed by atoms with Crippen LogP contribution in [-0.4, -0.2) is 19.2 Å². The van der Waals surface area contributed by atoms with Crippen LogP contribution in [0.2, 0.25) is 0 Å². The van der Waals surface area contributed by atoms with E-state index in [0.717, 1.165) is 22.4 Å². The van der Waals surface area contributed by atoms with E-state index >= 15 is 0 Å². The number of allylic oxidation sites excluding steroid dienone is 1. The lowest BCUT2D eigenvalue weighted by Crippen LogP contribution is -2.12. The zero-order chi connectivity index (χ0) is 18.1. The summed E-state index contributed by atoms with van der Waals surface area (Å²) in [5.74, 6) is 0.586. The molecule has 0 amide bonds. The number of benzene rings is 2. The second-order valence-corrected chi connectivity index (χ2v) is 5.41. The fraction of sp³-hybridized carbons (Fsp3) is 0.286. The molecule has 0 fully saturated rings. The van der Waals surface area contributed by atoms with Crippen LogP contribution in [0.5, 0.6) is 5.75 Å². The van der Waals surface area contributed by atoms with Gasteiger partial charge in [0.1, 0.15) is 12.4 Å². The molecule has 0 aliphatic heterocycles. The van der Waals surface area contributed by atoms with Crippen LogP contribution in [0.1, 0.15) is 31.9 Å². The summed E-state index contributed by atoms with van der Waals surface area (Å²) in [5.41, 5.74) is 2.75. The number of carbonyl (C=O) groups excluding carboxylic acids is 1. The summed E-state index contributed by atoms with van der Waals surface area (Å²) in [6.07, 6.45) is 0. The summed E-state index contributed by atoms with van der Waals surface area (Å²) < 4.78 is 16.3. The Morgan fingerprint density at radius 1 is 0.880 bits per heavy atom. The van der Waals surface area contributed by atoms with Crippen molar-refractivity contribution in [2.75, 3.05) is 13.2 Å². The molecule has 0 spiro atoms. The van der Waals surface area contributed by atoms with Crippen molar-refractivity contribution in [2.45, 2.75) is 27.4 Å². The number of rotatable bonds is 8. The topological polar surface area (TPSA) is 44.8 Å². The number of ether oxygens (including phenoxy) is 3. The molecule has 0 aliphatic carbocycles. The third-order valence-corrected chi connectivity index (χ3v) is 3.63. The molecular formula is C21H24O4. The van der Waals surface area contributed by atoms with Crippen molar-refractivity contribution in [1.82, 2.24) is 0 Å². The number of hydrogen-bond donors (Lipinski definition) is 0. The summed E-state index contributed by atoms with van der Waals surface area (Å²) in [7, 11) is 0. The molecule has 0 aromatic heterocycles. The lowest BCUT2D eigenvalue weighted by molar-refractivity contribution is -0.142. The minimum absolute atomic E-state index is 0.252. The molecule has 25 heavy (non-hydrogen) atoms. The zero-order valence-electron chi connectivity index (χ0n) is 15.0. The molecule has 2 rings (SSSR count). The van der Waals surface area contributed by atoms with Gasteiger partial charge >= 0.3 is 5.97 Å². The van der Waals surface area contributed by atoms with Crippen molar-refractivity contribution in [2.24, 2.45) is 0 Å². The molecule has 132 valence electrons. The molecule has 4 heteroatoms. The molecule has 0 atom stereocenters. The van der Waals surface area contributed by atoms with E-state index < -0.39 is 5.97 Å². The van der Waals surface area contributed by atoms with Crippen LogP contribution in [0.15, 0.2) is 60.4 Å². The van der Waals surface area contributed by atoms with Gasteiger partial charge in [0.15, 0.2) is 0 Å². The van der Waals surface area contributed by atoms with E-state index in [1.54, 1.807) is 6.92 Å². The molecular weight excluding hydrogens is 316 g/mol. The number of esters is 1. The average molecular weight is 340 g/mol. The Hall–Kier alpha value is -2.75. The second-order valence-electron chi connectivity index (χ2n) is 5.41. The van der Waals surface area contributed by atoms with Crippen molar-refractivity contribution in [3.8, 4) is 5.75 Å². The molecule has 0 N–H and O–H groups in total. The highest BCUT2D eigenvalue weighted by molar-refractivity contribution is 5.95. The van der Waals surface area contributed by atoms with Gasteiger partial charge in [-0.1, -0.05) is 42.5 Å². The molecule has 2 aromatic carbocycles. The Morgan fingerprint density at radius 2 is 1.52 bits per heavy atom. The van der Waals surface area contributed by atoms with Crippen LogP contribution in [-0.2, 0) is 20.9 Å². The summed E-state index contributed by atoms with van der Waals surface area (Å²) in [5, 5.41) is 0. The van der Waals surface area contributed by atoms with E-state index in [9.17, 15) is 4.79 Å². The summed E-state index contributed by atoms with van der Waals surface area (Å²) in [6.45, 7) is 6.70. The maximum absolute atomic E-state index is 12.0. The number of hydrogen-bond acceptors (Lipinski definition) is 4. The average Bonchev–Trinajstić information content (AvgIpc) is 2.65. The van der Waals surface area contributed by atoms with Crippen molar-refractivity contribution in [3.63, 3.8) is 0 Å². The van der Waals surface area contributed by atoms with Crippen LogP contribution in [0, 0.1) is 0 Å². The Balaban J connectivity index is 2.11. The van der Waals surface area contributed by atoms with Crippen molar-refractivity contribution in [1.29, 1.82) is 0 Å².